The van der Waals surface area contributed by atoms with Crippen molar-refractivity contribution in [3.63, 3.8) is 0 Å². The molecule has 0 rings (SSSR count). The Balaban J connectivity index is 4.27. The first-order valence-corrected chi connectivity index (χ1v) is 4.93. The molecule has 0 bridgehead atoms. The highest BCUT2D eigenvalue weighted by atomic mass is 35.5. The van der Waals surface area contributed by atoms with Gasteiger partial charge in [0.2, 0.25) is 0 Å². The van der Waals surface area contributed by atoms with Crippen LogP contribution in [0, 0.1) is 10.1 Å². The molecule has 2 N–H and O–H groups in total. The van der Waals surface area contributed by atoms with E-state index in [1.807, 2.05) is 0 Å². The first-order valence-electron chi connectivity index (χ1n) is 4.55. The van der Waals surface area contributed by atoms with E-state index in [-0.39, 0.29) is 25.7 Å². The number of halogens is 1. The highest BCUT2D eigenvalue weighted by Gasteiger charge is 2.40. The Bertz CT molecular complexity index is 294. The monoisotopic (exact) mass is 253 g/mol. The van der Waals surface area contributed by atoms with Crippen molar-refractivity contribution < 1.29 is 24.7 Å². The van der Waals surface area contributed by atoms with Gasteiger partial charge in [0.1, 0.15) is 0 Å². The van der Waals surface area contributed by atoms with E-state index < -0.39 is 28.3 Å². The van der Waals surface area contributed by atoms with Crippen LogP contribution in [0.5, 0.6) is 0 Å². The van der Waals surface area contributed by atoms with E-state index in [2.05, 4.69) is 0 Å². The molecule has 0 aliphatic rings. The van der Waals surface area contributed by atoms with E-state index in [0.29, 0.717) is 0 Å². The van der Waals surface area contributed by atoms with E-state index in [1.165, 1.54) is 0 Å². The molecule has 0 saturated heterocycles. The van der Waals surface area contributed by atoms with Gasteiger partial charge in [-0.15, -0.1) is 0 Å². The van der Waals surface area contributed by atoms with Crippen molar-refractivity contribution in [2.45, 2.75) is 37.1 Å². The molecule has 92 valence electrons. The van der Waals surface area contributed by atoms with Gasteiger partial charge in [0.15, 0.2) is 0 Å². The molecule has 0 radical (unpaired) electrons. The standard InChI is InChI=1S/C8H12ClNO6/c9-8(10(15)16,5-3-7(13)14)4-1-2-6(11)12/h1-5H2,(H,11,12)(H,13,14). The predicted octanol–water partition coefficient (Wildman–Crippen LogP) is 1.32. The van der Waals surface area contributed by atoms with Crippen LogP contribution in [0.2, 0.25) is 0 Å². The van der Waals surface area contributed by atoms with E-state index in [9.17, 15) is 19.7 Å². The summed E-state index contributed by atoms with van der Waals surface area (Å²) in [6, 6.07) is 0. The van der Waals surface area contributed by atoms with Crippen LogP contribution in [0.4, 0.5) is 0 Å². The van der Waals surface area contributed by atoms with Crippen molar-refractivity contribution in [3.8, 4) is 0 Å². The predicted molar refractivity (Wildman–Crippen MR) is 53.9 cm³/mol. The SMILES string of the molecule is O=C(O)CCCC(Cl)(CCC(=O)O)[N+](=O)[O-]. The average Bonchev–Trinajstić information content (AvgIpc) is 2.13. The fourth-order valence-corrected chi connectivity index (χ4v) is 1.34. The number of carboxylic acids is 2. The highest BCUT2D eigenvalue weighted by molar-refractivity contribution is 6.22. The lowest BCUT2D eigenvalue weighted by atomic mass is 10.0. The Labute approximate surface area is 96.2 Å². The summed E-state index contributed by atoms with van der Waals surface area (Å²) in [4.78, 5) is 28.5. The minimum Gasteiger partial charge on any atom is -0.481 e. The molecule has 0 aliphatic carbocycles. The maximum Gasteiger partial charge on any atom is 0.303 e. The maximum absolute atomic E-state index is 10.6. The summed E-state index contributed by atoms with van der Waals surface area (Å²) >= 11 is 5.65. The van der Waals surface area contributed by atoms with E-state index in [0.717, 1.165) is 0 Å². The molecule has 0 aliphatic heterocycles. The number of hydrogen-bond donors (Lipinski definition) is 2. The van der Waals surface area contributed by atoms with E-state index in [1.54, 1.807) is 0 Å². The van der Waals surface area contributed by atoms with Gasteiger partial charge in [0.25, 0.3) is 5.00 Å². The summed E-state index contributed by atoms with van der Waals surface area (Å²) < 4.78 is 0. The average molecular weight is 254 g/mol. The van der Waals surface area contributed by atoms with Gasteiger partial charge in [-0.2, -0.15) is 0 Å². The van der Waals surface area contributed by atoms with Gasteiger partial charge >= 0.3 is 11.9 Å². The zero-order valence-corrected chi connectivity index (χ0v) is 9.14. The van der Waals surface area contributed by atoms with Crippen LogP contribution in [0.3, 0.4) is 0 Å². The molecule has 1 atom stereocenters. The largest absolute Gasteiger partial charge is 0.481 e. The van der Waals surface area contributed by atoms with Gasteiger partial charge in [-0.05, 0) is 18.0 Å². The van der Waals surface area contributed by atoms with E-state index >= 15 is 0 Å². The van der Waals surface area contributed by atoms with Gasteiger partial charge in [-0.25, -0.2) is 0 Å². The number of carbonyl (C=O) groups is 2. The maximum atomic E-state index is 10.6. The highest BCUT2D eigenvalue weighted by Crippen LogP contribution is 2.28. The van der Waals surface area contributed by atoms with Gasteiger partial charge in [0.05, 0.1) is 6.42 Å². The molecule has 7 nitrogen and oxygen atoms in total. The lowest BCUT2D eigenvalue weighted by Crippen LogP contribution is -2.32. The second-order valence-corrected chi connectivity index (χ2v) is 4.02. The number of hydrogen-bond acceptors (Lipinski definition) is 4. The Hall–Kier alpha value is -1.37. The van der Waals surface area contributed by atoms with Crippen LogP contribution >= 0.6 is 11.6 Å². The molecule has 16 heavy (non-hydrogen) atoms. The Morgan fingerprint density at radius 3 is 2.06 bits per heavy atom. The topological polar surface area (TPSA) is 118 Å². The first-order chi connectivity index (χ1) is 7.28. The molecule has 0 heterocycles. The minimum absolute atomic E-state index is 0.0411. The van der Waals surface area contributed by atoms with Crippen molar-refractivity contribution >= 4 is 23.5 Å². The molecular formula is C8H12ClNO6. The molecular weight excluding hydrogens is 242 g/mol. The van der Waals surface area contributed by atoms with Crippen LogP contribution in [0.1, 0.15) is 32.1 Å². The minimum atomic E-state index is -1.88. The molecule has 0 saturated carbocycles. The lowest BCUT2D eigenvalue weighted by molar-refractivity contribution is -0.544. The van der Waals surface area contributed by atoms with Crippen molar-refractivity contribution in [1.29, 1.82) is 0 Å². The third-order valence-electron chi connectivity index (χ3n) is 2.00. The molecule has 1 unspecified atom stereocenters. The van der Waals surface area contributed by atoms with Crippen LogP contribution in [-0.4, -0.2) is 32.1 Å². The van der Waals surface area contributed by atoms with Crippen LogP contribution in [-0.2, 0) is 9.59 Å². The molecule has 0 amide bonds. The number of carboxylic acid groups (broad SMARTS) is 2. The zero-order valence-electron chi connectivity index (χ0n) is 8.39. The quantitative estimate of drug-likeness (QED) is 0.291. The third kappa shape index (κ3) is 5.50. The number of rotatable bonds is 8. The number of nitro groups is 1. The number of alkyl halides is 1. The summed E-state index contributed by atoms with van der Waals surface area (Å²) in [6.45, 7) is 0. The Kier molecular flexibility index (Phi) is 5.73. The summed E-state index contributed by atoms with van der Waals surface area (Å²) in [7, 11) is 0. The van der Waals surface area contributed by atoms with Crippen molar-refractivity contribution in [2.24, 2.45) is 0 Å². The molecule has 8 heteroatoms. The molecule has 0 aromatic carbocycles. The Morgan fingerprint density at radius 1 is 1.19 bits per heavy atom. The molecule has 0 fully saturated rings. The van der Waals surface area contributed by atoms with Crippen molar-refractivity contribution in [1.82, 2.24) is 0 Å². The van der Waals surface area contributed by atoms with Gasteiger partial charge in [-0.1, -0.05) is 0 Å². The van der Waals surface area contributed by atoms with E-state index in [4.69, 9.17) is 21.8 Å². The second-order valence-electron chi connectivity index (χ2n) is 3.32. The summed E-state index contributed by atoms with van der Waals surface area (Å²) in [6.07, 6.45) is -1.09. The lowest BCUT2D eigenvalue weighted by Gasteiger charge is -2.16. The summed E-state index contributed by atoms with van der Waals surface area (Å²) in [5, 5.41) is 27.4. The Morgan fingerprint density at radius 2 is 1.69 bits per heavy atom. The van der Waals surface area contributed by atoms with Crippen molar-refractivity contribution in [2.75, 3.05) is 0 Å². The fraction of sp³-hybridized carbons (Fsp3) is 0.750. The van der Waals surface area contributed by atoms with Crippen LogP contribution < -0.4 is 0 Å². The first kappa shape index (κ1) is 14.6. The van der Waals surface area contributed by atoms with Gasteiger partial charge in [-0.3, -0.25) is 19.7 Å². The zero-order chi connectivity index (χ0) is 12.8. The van der Waals surface area contributed by atoms with Crippen LogP contribution in [0.25, 0.3) is 0 Å². The molecule has 0 spiro atoms. The normalized spacial score (nSPS) is 14.1. The summed E-state index contributed by atoms with van der Waals surface area (Å²) in [5.41, 5.74) is 0. The van der Waals surface area contributed by atoms with Gasteiger partial charge in [0, 0.05) is 24.2 Å². The molecule has 0 aromatic rings. The smallest absolute Gasteiger partial charge is 0.303 e. The second kappa shape index (κ2) is 6.26. The van der Waals surface area contributed by atoms with Crippen molar-refractivity contribution in [3.05, 3.63) is 10.1 Å². The fourth-order valence-electron chi connectivity index (χ4n) is 1.12. The van der Waals surface area contributed by atoms with Crippen LogP contribution in [0.15, 0.2) is 0 Å². The molecule has 0 aromatic heterocycles. The van der Waals surface area contributed by atoms with Gasteiger partial charge < -0.3 is 10.2 Å². The number of nitrogens with zero attached hydrogens (tertiary/aromatic N) is 1. The summed E-state index contributed by atoms with van der Waals surface area (Å²) in [5.74, 6) is -2.24. The number of aliphatic carboxylic acids is 2. The third-order valence-corrected chi connectivity index (χ3v) is 2.52.